The van der Waals surface area contributed by atoms with Gasteiger partial charge in [-0.15, -0.1) is 0 Å². The molecule has 3 heterocycles. The molecule has 174 valence electrons. The molecular weight excluding hydrogens is 424 g/mol. The number of piperidine rings is 1. The molecule has 0 aliphatic carbocycles. The Bertz CT molecular complexity index is 1090. The number of nitrogens with zero attached hydrogens (tertiary/aromatic N) is 4. The smallest absolute Gasteiger partial charge is 0.245 e. The minimum Gasteiger partial charge on any atom is -0.341 e. The fraction of sp³-hybridized carbons (Fsp3) is 0.583. The molecule has 0 radical (unpaired) electrons. The first-order chi connectivity index (χ1) is 15.2. The van der Waals surface area contributed by atoms with Crippen LogP contribution in [0.4, 0.5) is 0 Å². The summed E-state index contributed by atoms with van der Waals surface area (Å²) in [6.07, 6.45) is 2.87. The number of amides is 1. The van der Waals surface area contributed by atoms with Crippen molar-refractivity contribution in [2.75, 3.05) is 39.3 Å². The number of carbonyl (C=O) groups excluding carboxylic acids is 1. The summed E-state index contributed by atoms with van der Waals surface area (Å²) in [4.78, 5) is 21.9. The van der Waals surface area contributed by atoms with Crippen LogP contribution in [-0.2, 0) is 14.8 Å². The number of hydrogen-bond donors (Lipinski definition) is 0. The van der Waals surface area contributed by atoms with Crippen molar-refractivity contribution in [2.24, 2.45) is 11.8 Å². The van der Waals surface area contributed by atoms with Crippen LogP contribution in [0.3, 0.4) is 0 Å². The molecule has 0 bridgehead atoms. The monoisotopic (exact) mass is 458 g/mol. The van der Waals surface area contributed by atoms with Gasteiger partial charge >= 0.3 is 0 Å². The Hall–Kier alpha value is -2.03. The summed E-state index contributed by atoms with van der Waals surface area (Å²) in [5, 5.41) is 0.828. The third-order valence-electron chi connectivity index (χ3n) is 6.79. The van der Waals surface area contributed by atoms with Gasteiger partial charge in [0.15, 0.2) is 0 Å². The van der Waals surface area contributed by atoms with Crippen molar-refractivity contribution in [1.29, 1.82) is 0 Å². The third kappa shape index (κ3) is 4.54. The summed E-state index contributed by atoms with van der Waals surface area (Å²) in [6.45, 7) is 11.8. The highest BCUT2D eigenvalue weighted by Crippen LogP contribution is 2.26. The van der Waals surface area contributed by atoms with E-state index in [1.165, 1.54) is 4.31 Å². The van der Waals surface area contributed by atoms with Crippen LogP contribution >= 0.6 is 0 Å². The molecule has 1 amide bonds. The number of sulfonamides is 1. The number of aromatic nitrogens is 1. The molecule has 0 spiro atoms. The van der Waals surface area contributed by atoms with Gasteiger partial charge in [-0.1, -0.05) is 26.0 Å². The summed E-state index contributed by atoms with van der Waals surface area (Å²) < 4.78 is 28.3. The Morgan fingerprint density at radius 2 is 1.75 bits per heavy atom. The average molecular weight is 459 g/mol. The van der Waals surface area contributed by atoms with Crippen LogP contribution in [0.15, 0.2) is 35.4 Å². The molecule has 2 fully saturated rings. The molecular formula is C24H34N4O3S. The maximum absolute atomic E-state index is 13.4. The average Bonchev–Trinajstić information content (AvgIpc) is 2.76. The number of carbonyl (C=O) groups is 1. The van der Waals surface area contributed by atoms with Crippen molar-refractivity contribution in [2.45, 2.75) is 45.1 Å². The van der Waals surface area contributed by atoms with Crippen molar-refractivity contribution >= 4 is 26.8 Å². The van der Waals surface area contributed by atoms with Crippen LogP contribution in [0, 0.1) is 18.8 Å². The van der Waals surface area contributed by atoms with Crippen molar-refractivity contribution < 1.29 is 13.2 Å². The van der Waals surface area contributed by atoms with Gasteiger partial charge in [-0.05, 0) is 49.8 Å². The number of fused-ring (bicyclic) bond motifs is 1. The SMILES string of the molecule is Cc1cnc2c(S(=O)(=O)N3CCN([C@@H](C)C(=O)N4C[C@H](C)C[C@H](C)C4)CC3)cccc2c1. The highest BCUT2D eigenvalue weighted by Gasteiger charge is 2.35. The van der Waals surface area contributed by atoms with E-state index < -0.39 is 10.0 Å². The van der Waals surface area contributed by atoms with E-state index in [-0.39, 0.29) is 16.8 Å². The second-order valence-corrected chi connectivity index (χ2v) is 11.6. The number of piperazine rings is 1. The number of likely N-dealkylation sites (tertiary alicyclic amines) is 1. The molecule has 1 aromatic carbocycles. The Morgan fingerprint density at radius 3 is 2.41 bits per heavy atom. The highest BCUT2D eigenvalue weighted by molar-refractivity contribution is 7.89. The molecule has 2 aliphatic heterocycles. The van der Waals surface area contributed by atoms with Gasteiger partial charge in [-0.3, -0.25) is 14.7 Å². The summed E-state index contributed by atoms with van der Waals surface area (Å²) in [5.74, 6) is 1.21. The van der Waals surface area contributed by atoms with Gasteiger partial charge in [-0.25, -0.2) is 8.42 Å². The van der Waals surface area contributed by atoms with E-state index in [9.17, 15) is 13.2 Å². The molecule has 32 heavy (non-hydrogen) atoms. The first-order valence-electron chi connectivity index (χ1n) is 11.5. The van der Waals surface area contributed by atoms with Gasteiger partial charge in [0, 0.05) is 50.9 Å². The van der Waals surface area contributed by atoms with Gasteiger partial charge < -0.3 is 4.90 Å². The molecule has 2 aromatic rings. The standard InChI is InChI=1S/C24H34N4O3S/c1-17-13-21-6-5-7-22(23(21)25-14-17)32(30,31)28-10-8-26(9-11-28)20(4)24(29)27-15-18(2)12-19(3)16-27/h5-7,13-14,18-20H,8-12,15-16H2,1-4H3/t18-,19+,20-/m0/s1. The van der Waals surface area contributed by atoms with Crippen molar-refractivity contribution in [3.8, 4) is 0 Å². The maximum Gasteiger partial charge on any atom is 0.245 e. The quantitative estimate of drug-likeness (QED) is 0.704. The molecule has 2 saturated heterocycles. The molecule has 7 nitrogen and oxygen atoms in total. The summed E-state index contributed by atoms with van der Waals surface area (Å²) in [6, 6.07) is 7.02. The number of benzene rings is 1. The van der Waals surface area contributed by atoms with Crippen LogP contribution in [0.2, 0.25) is 0 Å². The fourth-order valence-corrected chi connectivity index (χ4v) is 6.77. The van der Waals surface area contributed by atoms with E-state index in [4.69, 9.17) is 0 Å². The van der Waals surface area contributed by atoms with Crippen molar-refractivity contribution in [3.05, 3.63) is 36.0 Å². The normalized spacial score (nSPS) is 24.6. The molecule has 2 aliphatic rings. The van der Waals surface area contributed by atoms with E-state index in [0.29, 0.717) is 43.5 Å². The number of rotatable bonds is 4. The Morgan fingerprint density at radius 1 is 1.09 bits per heavy atom. The van der Waals surface area contributed by atoms with Gasteiger partial charge in [0.05, 0.1) is 11.6 Å². The van der Waals surface area contributed by atoms with E-state index in [1.54, 1.807) is 18.3 Å². The summed E-state index contributed by atoms with van der Waals surface area (Å²) >= 11 is 0. The minimum absolute atomic E-state index is 0.160. The predicted octanol–water partition coefficient (Wildman–Crippen LogP) is 2.74. The first-order valence-corrected chi connectivity index (χ1v) is 13.0. The topological polar surface area (TPSA) is 73.8 Å². The predicted molar refractivity (Wildman–Crippen MR) is 126 cm³/mol. The largest absolute Gasteiger partial charge is 0.341 e. The van der Waals surface area contributed by atoms with Crippen molar-refractivity contribution in [3.63, 3.8) is 0 Å². The zero-order chi connectivity index (χ0) is 23.0. The molecule has 1 aromatic heterocycles. The van der Waals surface area contributed by atoms with Gasteiger partial charge in [0.1, 0.15) is 4.90 Å². The lowest BCUT2D eigenvalue weighted by atomic mass is 9.91. The Labute approximate surface area is 191 Å². The van der Waals surface area contributed by atoms with Crippen LogP contribution in [0.25, 0.3) is 10.9 Å². The molecule has 3 atom stereocenters. The van der Waals surface area contributed by atoms with E-state index in [2.05, 4.69) is 23.7 Å². The van der Waals surface area contributed by atoms with Crippen LogP contribution in [0.1, 0.15) is 32.8 Å². The molecule has 0 unspecified atom stereocenters. The molecule has 4 rings (SSSR count). The molecule has 0 saturated carbocycles. The van der Waals surface area contributed by atoms with Crippen LogP contribution in [0.5, 0.6) is 0 Å². The van der Waals surface area contributed by atoms with E-state index >= 15 is 0 Å². The second-order valence-electron chi connectivity index (χ2n) is 9.65. The highest BCUT2D eigenvalue weighted by atomic mass is 32.2. The lowest BCUT2D eigenvalue weighted by molar-refractivity contribution is -0.139. The Balaban J connectivity index is 1.45. The van der Waals surface area contributed by atoms with Crippen LogP contribution < -0.4 is 0 Å². The lowest BCUT2D eigenvalue weighted by Crippen LogP contribution is -2.56. The number of hydrogen-bond acceptors (Lipinski definition) is 5. The third-order valence-corrected chi connectivity index (χ3v) is 8.72. The van der Waals surface area contributed by atoms with Gasteiger partial charge in [0.2, 0.25) is 15.9 Å². The summed E-state index contributed by atoms with van der Waals surface area (Å²) in [5.41, 5.74) is 1.51. The lowest BCUT2D eigenvalue weighted by Gasteiger charge is -2.41. The minimum atomic E-state index is -3.66. The zero-order valence-electron chi connectivity index (χ0n) is 19.5. The van der Waals surface area contributed by atoms with E-state index in [1.807, 2.05) is 30.9 Å². The van der Waals surface area contributed by atoms with Gasteiger partial charge in [-0.2, -0.15) is 4.31 Å². The fourth-order valence-electron chi connectivity index (χ4n) is 5.18. The zero-order valence-corrected chi connectivity index (χ0v) is 20.3. The Kier molecular flexibility index (Phi) is 6.56. The molecule has 8 heteroatoms. The second kappa shape index (κ2) is 9.08. The first kappa shape index (κ1) is 23.1. The summed E-state index contributed by atoms with van der Waals surface area (Å²) in [7, 11) is -3.66. The van der Waals surface area contributed by atoms with Gasteiger partial charge in [0.25, 0.3) is 0 Å². The molecule has 0 N–H and O–H groups in total. The number of para-hydroxylation sites is 1. The van der Waals surface area contributed by atoms with Crippen molar-refractivity contribution in [1.82, 2.24) is 19.1 Å². The van der Waals surface area contributed by atoms with E-state index in [0.717, 1.165) is 30.5 Å². The number of aryl methyl sites for hydroxylation is 1. The number of pyridine rings is 1. The van der Waals surface area contributed by atoms with Crippen LogP contribution in [-0.4, -0.2) is 78.7 Å². The maximum atomic E-state index is 13.4.